The van der Waals surface area contributed by atoms with Gasteiger partial charge in [0.05, 0.1) is 0 Å². The van der Waals surface area contributed by atoms with Gasteiger partial charge in [0.2, 0.25) is 0 Å². The molecule has 0 radical (unpaired) electrons. The minimum atomic E-state index is -0.741. The molecule has 0 spiro atoms. The number of carbonyl (C=O) groups excluding carboxylic acids is 2. The molecule has 3 rings (SSSR count). The summed E-state index contributed by atoms with van der Waals surface area (Å²) in [7, 11) is 0. The van der Waals surface area contributed by atoms with Gasteiger partial charge in [0.25, 0.3) is 0 Å². The van der Waals surface area contributed by atoms with Gasteiger partial charge in [0.15, 0.2) is 11.8 Å². The molecular formula is C8H5NO5. The Morgan fingerprint density at radius 3 is 1.86 bits per heavy atom. The molecule has 0 saturated carbocycles. The molecule has 2 unspecified atom stereocenters. The van der Waals surface area contributed by atoms with Crippen LogP contribution >= 0.6 is 0 Å². The zero-order chi connectivity index (χ0) is 10.0. The van der Waals surface area contributed by atoms with Gasteiger partial charge in [-0.05, 0) is 0 Å². The van der Waals surface area contributed by atoms with Crippen LogP contribution in [0.4, 0.5) is 0 Å². The van der Waals surface area contributed by atoms with Crippen LogP contribution in [0, 0.1) is 0 Å². The van der Waals surface area contributed by atoms with E-state index in [1.54, 1.807) is 0 Å². The predicted molar refractivity (Wildman–Crippen MR) is 40.7 cm³/mol. The topological polar surface area (TPSA) is 99.6 Å². The van der Waals surface area contributed by atoms with Crippen LogP contribution in [0.1, 0.15) is 23.0 Å². The molecule has 2 atom stereocenters. The van der Waals surface area contributed by atoms with E-state index in [0.29, 0.717) is 0 Å². The Bertz CT molecular complexity index is 434. The summed E-state index contributed by atoms with van der Waals surface area (Å²) < 4.78 is 4.39. The van der Waals surface area contributed by atoms with Crippen LogP contribution in [0.15, 0.2) is 0 Å². The molecule has 2 heterocycles. The van der Waals surface area contributed by atoms with Gasteiger partial charge < -0.3 is 14.9 Å². The van der Waals surface area contributed by atoms with Gasteiger partial charge in [-0.3, -0.25) is 14.6 Å². The lowest BCUT2D eigenvalue weighted by Gasteiger charge is -2.24. The van der Waals surface area contributed by atoms with E-state index >= 15 is 0 Å². The lowest BCUT2D eigenvalue weighted by atomic mass is 9.71. The van der Waals surface area contributed by atoms with Crippen molar-refractivity contribution < 1.29 is 24.5 Å². The van der Waals surface area contributed by atoms with Crippen LogP contribution in [-0.2, 0) is 14.3 Å². The highest BCUT2D eigenvalue weighted by molar-refractivity contribution is 6.07. The largest absolute Gasteiger partial charge is 0.494 e. The highest BCUT2D eigenvalue weighted by atomic mass is 16.6. The molecule has 1 aromatic rings. The van der Waals surface area contributed by atoms with E-state index in [1.807, 2.05) is 0 Å². The second kappa shape index (κ2) is 1.92. The summed E-state index contributed by atoms with van der Waals surface area (Å²) in [6, 6.07) is 0. The summed E-state index contributed by atoms with van der Waals surface area (Å²) in [5.41, 5.74) is 0.562. The van der Waals surface area contributed by atoms with Gasteiger partial charge in [-0.2, -0.15) is 0 Å². The summed E-state index contributed by atoms with van der Waals surface area (Å²) in [5, 5.41) is 18.6. The SMILES string of the molecule is O=C1OC(=O)C2c3c(O)[nH]c(O)c3C12. The third-order valence-electron chi connectivity index (χ3n) is 2.70. The number of esters is 2. The Morgan fingerprint density at radius 2 is 1.43 bits per heavy atom. The Labute approximate surface area is 77.1 Å². The molecule has 1 fully saturated rings. The zero-order valence-electron chi connectivity index (χ0n) is 6.77. The van der Waals surface area contributed by atoms with Crippen LogP contribution in [-0.4, -0.2) is 27.1 Å². The lowest BCUT2D eigenvalue weighted by Crippen LogP contribution is -2.24. The molecule has 6 nitrogen and oxygen atoms in total. The van der Waals surface area contributed by atoms with Crippen molar-refractivity contribution in [2.24, 2.45) is 0 Å². The fraction of sp³-hybridized carbons (Fsp3) is 0.250. The van der Waals surface area contributed by atoms with E-state index in [2.05, 4.69) is 9.72 Å². The summed E-state index contributed by atoms with van der Waals surface area (Å²) in [5.74, 6) is -3.36. The minimum Gasteiger partial charge on any atom is -0.494 e. The van der Waals surface area contributed by atoms with Gasteiger partial charge in [-0.25, -0.2) is 0 Å². The molecule has 0 bridgehead atoms. The van der Waals surface area contributed by atoms with E-state index in [1.165, 1.54) is 0 Å². The molecule has 1 aliphatic carbocycles. The van der Waals surface area contributed by atoms with Crippen molar-refractivity contribution in [1.82, 2.24) is 4.98 Å². The maximum Gasteiger partial charge on any atom is 0.322 e. The molecule has 72 valence electrons. The van der Waals surface area contributed by atoms with Gasteiger partial charge >= 0.3 is 11.9 Å². The second-order valence-corrected chi connectivity index (χ2v) is 3.35. The van der Waals surface area contributed by atoms with Crippen LogP contribution < -0.4 is 0 Å². The van der Waals surface area contributed by atoms with Crippen LogP contribution in [0.25, 0.3) is 0 Å². The number of cyclic esters (lactones) is 2. The highest BCUT2D eigenvalue weighted by Gasteiger charge is 2.59. The van der Waals surface area contributed by atoms with Crippen molar-refractivity contribution in [2.75, 3.05) is 0 Å². The molecule has 0 aromatic carbocycles. The van der Waals surface area contributed by atoms with E-state index in [-0.39, 0.29) is 22.9 Å². The van der Waals surface area contributed by atoms with Crippen LogP contribution in [0.2, 0.25) is 0 Å². The number of fused-ring (bicyclic) bond motifs is 4. The van der Waals surface area contributed by atoms with Crippen molar-refractivity contribution >= 4 is 11.9 Å². The summed E-state index contributed by atoms with van der Waals surface area (Å²) >= 11 is 0. The lowest BCUT2D eigenvalue weighted by molar-refractivity contribution is -0.152. The van der Waals surface area contributed by atoms with E-state index in [9.17, 15) is 19.8 Å². The molecule has 1 aliphatic heterocycles. The molecule has 3 N–H and O–H groups in total. The molecule has 2 aliphatic rings. The first-order valence-electron chi connectivity index (χ1n) is 4.00. The van der Waals surface area contributed by atoms with E-state index < -0.39 is 23.8 Å². The number of nitrogens with one attached hydrogen (secondary N) is 1. The number of aromatic hydroxyl groups is 2. The van der Waals surface area contributed by atoms with Crippen molar-refractivity contribution in [3.63, 3.8) is 0 Å². The smallest absolute Gasteiger partial charge is 0.322 e. The predicted octanol–water partition coefficient (Wildman–Crippen LogP) is -0.310. The Hall–Kier alpha value is -1.98. The first kappa shape index (κ1) is 7.43. The maximum absolute atomic E-state index is 11.1. The summed E-state index contributed by atoms with van der Waals surface area (Å²) in [6.07, 6.45) is 0. The molecule has 6 heteroatoms. The number of carbonyl (C=O) groups is 2. The monoisotopic (exact) mass is 195 g/mol. The van der Waals surface area contributed by atoms with Crippen molar-refractivity contribution in [2.45, 2.75) is 11.8 Å². The van der Waals surface area contributed by atoms with Crippen molar-refractivity contribution in [3.05, 3.63) is 11.1 Å². The molecule has 1 aromatic heterocycles. The summed E-state index contributed by atoms with van der Waals surface area (Å²) in [6.45, 7) is 0. The van der Waals surface area contributed by atoms with Gasteiger partial charge in [-0.15, -0.1) is 0 Å². The number of rotatable bonds is 0. The molecule has 1 saturated heterocycles. The Kier molecular flexibility index (Phi) is 1.02. The number of hydrogen-bond donors (Lipinski definition) is 3. The van der Waals surface area contributed by atoms with Gasteiger partial charge in [-0.1, -0.05) is 0 Å². The average Bonchev–Trinajstić information content (AvgIpc) is 2.31. The van der Waals surface area contributed by atoms with Crippen molar-refractivity contribution in [1.29, 1.82) is 0 Å². The fourth-order valence-electron chi connectivity index (χ4n) is 2.10. The average molecular weight is 195 g/mol. The number of hydrogen-bond acceptors (Lipinski definition) is 5. The number of H-pyrrole nitrogens is 1. The van der Waals surface area contributed by atoms with Crippen LogP contribution in [0.3, 0.4) is 0 Å². The first-order chi connectivity index (χ1) is 6.61. The van der Waals surface area contributed by atoms with E-state index in [0.717, 1.165) is 0 Å². The Balaban J connectivity index is 2.24. The fourth-order valence-corrected chi connectivity index (χ4v) is 2.10. The molecular weight excluding hydrogens is 190 g/mol. The zero-order valence-corrected chi connectivity index (χ0v) is 6.77. The molecule has 14 heavy (non-hydrogen) atoms. The Morgan fingerprint density at radius 1 is 1.00 bits per heavy atom. The third-order valence-corrected chi connectivity index (χ3v) is 2.70. The number of ether oxygens (including phenoxy) is 1. The quantitative estimate of drug-likeness (QED) is 0.389. The normalized spacial score (nSPS) is 28.0. The van der Waals surface area contributed by atoms with Crippen LogP contribution in [0.5, 0.6) is 11.8 Å². The molecule has 0 amide bonds. The van der Waals surface area contributed by atoms with Gasteiger partial charge in [0.1, 0.15) is 11.8 Å². The standard InChI is InChI=1S/C8H5NO5/c10-5-1-2(6(11)9-5)4-3(1)7(12)14-8(4)13/h3-4,9-11H. The number of aromatic nitrogens is 1. The highest BCUT2D eigenvalue weighted by Crippen LogP contribution is 2.58. The van der Waals surface area contributed by atoms with E-state index in [4.69, 9.17) is 0 Å². The minimum absolute atomic E-state index is 0.273. The third kappa shape index (κ3) is 0.564. The first-order valence-corrected chi connectivity index (χ1v) is 4.00. The van der Waals surface area contributed by atoms with Gasteiger partial charge in [0, 0.05) is 11.1 Å². The number of aromatic amines is 1. The van der Waals surface area contributed by atoms with Crippen molar-refractivity contribution in [3.8, 4) is 11.8 Å². The summed E-state index contributed by atoms with van der Waals surface area (Å²) in [4.78, 5) is 24.5. The maximum atomic E-state index is 11.1. The second-order valence-electron chi connectivity index (χ2n) is 3.35.